The number of para-hydroxylation sites is 2. The number of hydrogen-bond acceptors (Lipinski definition) is 8. The van der Waals surface area contributed by atoms with E-state index in [1.807, 2.05) is 17.5 Å². The number of likely N-dealkylation sites (N-methyl/N-ethyl adjacent to an activating group) is 1. The van der Waals surface area contributed by atoms with Crippen molar-refractivity contribution in [2.24, 2.45) is 0 Å². The number of ether oxygens (including phenoxy) is 1. The third kappa shape index (κ3) is 3.96. The molecule has 0 unspecified atom stereocenters. The van der Waals surface area contributed by atoms with Crippen LogP contribution in [0, 0.1) is 0 Å². The zero-order valence-corrected chi connectivity index (χ0v) is 17.3. The molecule has 152 valence electrons. The number of aromatic nitrogens is 2. The highest BCUT2D eigenvalue weighted by molar-refractivity contribution is 7.92. The van der Waals surface area contributed by atoms with Gasteiger partial charge in [-0.15, -0.1) is 11.3 Å². The SMILES string of the molecule is CN(Cc1nc(-c2cccs2)no1)C(=O)[C@H]1CN(S(C)(=O)=O)c2ccccc2O1. The quantitative estimate of drug-likeness (QED) is 0.604. The summed E-state index contributed by atoms with van der Waals surface area (Å²) in [5.74, 6) is 0.695. The molecule has 1 atom stereocenters. The molecule has 0 fully saturated rings. The third-order valence-corrected chi connectivity index (χ3v) is 6.38. The largest absolute Gasteiger partial charge is 0.476 e. The highest BCUT2D eigenvalue weighted by Gasteiger charge is 2.36. The van der Waals surface area contributed by atoms with Crippen LogP contribution in [0.5, 0.6) is 5.75 Å². The van der Waals surface area contributed by atoms with Gasteiger partial charge in [-0.3, -0.25) is 9.10 Å². The first kappa shape index (κ1) is 19.4. The van der Waals surface area contributed by atoms with E-state index in [1.165, 1.54) is 20.5 Å². The number of hydrogen-bond donors (Lipinski definition) is 0. The summed E-state index contributed by atoms with van der Waals surface area (Å²) >= 11 is 1.49. The third-order valence-electron chi connectivity index (χ3n) is 4.37. The molecule has 9 nitrogen and oxygen atoms in total. The van der Waals surface area contributed by atoms with Crippen molar-refractivity contribution in [3.05, 3.63) is 47.7 Å². The Morgan fingerprint density at radius 2 is 2.10 bits per heavy atom. The molecule has 0 radical (unpaired) electrons. The van der Waals surface area contributed by atoms with Crippen molar-refractivity contribution in [1.29, 1.82) is 0 Å². The summed E-state index contributed by atoms with van der Waals surface area (Å²) in [6, 6.07) is 10.5. The highest BCUT2D eigenvalue weighted by Crippen LogP contribution is 2.35. The molecule has 0 spiro atoms. The van der Waals surface area contributed by atoms with Crippen LogP contribution in [0.3, 0.4) is 0 Å². The van der Waals surface area contributed by atoms with Gasteiger partial charge in [0, 0.05) is 7.05 Å². The molecular formula is C18H18N4O5S2. The number of anilines is 1. The lowest BCUT2D eigenvalue weighted by Crippen LogP contribution is -2.50. The second kappa shape index (κ2) is 7.48. The van der Waals surface area contributed by atoms with E-state index in [0.29, 0.717) is 17.3 Å². The fourth-order valence-corrected chi connectivity index (χ4v) is 4.56. The molecule has 0 saturated carbocycles. The average molecular weight is 434 g/mol. The van der Waals surface area contributed by atoms with Gasteiger partial charge in [0.1, 0.15) is 5.75 Å². The van der Waals surface area contributed by atoms with Crippen LogP contribution in [-0.4, -0.2) is 55.3 Å². The van der Waals surface area contributed by atoms with Crippen LogP contribution in [0.1, 0.15) is 5.89 Å². The number of nitrogens with zero attached hydrogens (tertiary/aromatic N) is 4. The first-order valence-corrected chi connectivity index (χ1v) is 11.4. The molecular weight excluding hydrogens is 416 g/mol. The minimum atomic E-state index is -3.57. The lowest BCUT2D eigenvalue weighted by Gasteiger charge is -2.35. The first-order chi connectivity index (χ1) is 13.8. The second-order valence-electron chi connectivity index (χ2n) is 6.55. The number of sulfonamides is 1. The monoisotopic (exact) mass is 434 g/mol. The van der Waals surface area contributed by atoms with Gasteiger partial charge in [0.05, 0.1) is 29.9 Å². The van der Waals surface area contributed by atoms with Crippen LogP contribution in [0.15, 0.2) is 46.3 Å². The number of rotatable bonds is 5. The van der Waals surface area contributed by atoms with Crippen molar-refractivity contribution in [3.8, 4) is 16.5 Å². The Balaban J connectivity index is 1.50. The molecule has 0 N–H and O–H groups in total. The standard InChI is InChI=1S/C18H18N4O5S2/c1-21(11-16-19-17(20-27-16)15-8-5-9-28-15)18(23)14-10-22(29(2,24)25)12-6-3-4-7-13(12)26-14/h3-9,14H,10-11H2,1-2H3/t14-/m1/s1. The number of fused-ring (bicyclic) bond motifs is 1. The van der Waals surface area contributed by atoms with E-state index in [2.05, 4.69) is 10.1 Å². The summed E-state index contributed by atoms with van der Waals surface area (Å²) in [5.41, 5.74) is 0.416. The maximum Gasteiger partial charge on any atom is 0.265 e. The predicted octanol–water partition coefficient (Wildman–Crippen LogP) is 1.98. The van der Waals surface area contributed by atoms with Crippen LogP contribution in [0.2, 0.25) is 0 Å². The molecule has 1 aliphatic rings. The molecule has 0 saturated heterocycles. The summed E-state index contributed by atoms with van der Waals surface area (Å²) in [6.45, 7) is -0.0269. The van der Waals surface area contributed by atoms with Crippen LogP contribution in [0.25, 0.3) is 10.7 Å². The zero-order valence-electron chi connectivity index (χ0n) is 15.7. The minimum Gasteiger partial charge on any atom is -0.476 e. The Kier molecular flexibility index (Phi) is 5.01. The summed E-state index contributed by atoms with van der Waals surface area (Å²) in [4.78, 5) is 19.5. The molecule has 11 heteroatoms. The van der Waals surface area contributed by atoms with E-state index in [1.54, 1.807) is 31.3 Å². The molecule has 0 bridgehead atoms. The Morgan fingerprint density at radius 3 is 2.83 bits per heavy atom. The van der Waals surface area contributed by atoms with Gasteiger partial charge < -0.3 is 14.2 Å². The zero-order chi connectivity index (χ0) is 20.6. The van der Waals surface area contributed by atoms with Crippen molar-refractivity contribution < 1.29 is 22.5 Å². The number of carbonyl (C=O) groups excluding carboxylic acids is 1. The maximum atomic E-state index is 12.9. The Labute approximate surface area is 171 Å². The van der Waals surface area contributed by atoms with Crippen molar-refractivity contribution in [2.45, 2.75) is 12.6 Å². The number of benzene rings is 1. The van der Waals surface area contributed by atoms with E-state index in [4.69, 9.17) is 9.26 Å². The van der Waals surface area contributed by atoms with Gasteiger partial charge in [0.15, 0.2) is 6.10 Å². The Hall–Kier alpha value is -2.92. The van der Waals surface area contributed by atoms with Gasteiger partial charge in [0.25, 0.3) is 5.91 Å². The van der Waals surface area contributed by atoms with Crippen molar-refractivity contribution >= 4 is 33.0 Å². The molecule has 3 aromatic rings. The van der Waals surface area contributed by atoms with Gasteiger partial charge in [-0.2, -0.15) is 4.98 Å². The molecule has 29 heavy (non-hydrogen) atoms. The van der Waals surface area contributed by atoms with E-state index in [9.17, 15) is 13.2 Å². The average Bonchev–Trinajstić information content (AvgIpc) is 3.37. The number of amides is 1. The van der Waals surface area contributed by atoms with Crippen molar-refractivity contribution in [1.82, 2.24) is 15.0 Å². The smallest absolute Gasteiger partial charge is 0.265 e. The van der Waals surface area contributed by atoms with Crippen LogP contribution in [0.4, 0.5) is 5.69 Å². The first-order valence-electron chi connectivity index (χ1n) is 8.68. The Morgan fingerprint density at radius 1 is 1.31 bits per heavy atom. The van der Waals surface area contributed by atoms with E-state index < -0.39 is 16.1 Å². The van der Waals surface area contributed by atoms with Crippen molar-refractivity contribution in [3.63, 3.8) is 0 Å². The van der Waals surface area contributed by atoms with Gasteiger partial charge in [-0.05, 0) is 23.6 Å². The predicted molar refractivity (Wildman–Crippen MR) is 107 cm³/mol. The van der Waals surface area contributed by atoms with Gasteiger partial charge in [-0.1, -0.05) is 23.4 Å². The molecule has 1 amide bonds. The molecule has 2 aromatic heterocycles. The Bertz CT molecular complexity index is 1130. The van der Waals surface area contributed by atoms with Crippen LogP contribution >= 0.6 is 11.3 Å². The van der Waals surface area contributed by atoms with E-state index in [-0.39, 0.29) is 24.9 Å². The van der Waals surface area contributed by atoms with Crippen molar-refractivity contribution in [2.75, 3.05) is 24.2 Å². The van der Waals surface area contributed by atoms with E-state index in [0.717, 1.165) is 11.1 Å². The van der Waals surface area contributed by atoms with Gasteiger partial charge >= 0.3 is 0 Å². The summed E-state index contributed by atoms with van der Waals surface area (Å²) in [7, 11) is -1.99. The molecule has 1 aromatic carbocycles. The second-order valence-corrected chi connectivity index (χ2v) is 9.41. The van der Waals surface area contributed by atoms with E-state index >= 15 is 0 Å². The van der Waals surface area contributed by atoms with Crippen LogP contribution < -0.4 is 9.04 Å². The van der Waals surface area contributed by atoms with Gasteiger partial charge in [0.2, 0.25) is 21.7 Å². The maximum absolute atomic E-state index is 12.9. The fraction of sp³-hybridized carbons (Fsp3) is 0.278. The summed E-state index contributed by atoms with van der Waals surface area (Å²) in [5, 5.41) is 5.83. The normalized spacial score (nSPS) is 16.2. The minimum absolute atomic E-state index is 0.0809. The number of thiophene rings is 1. The molecule has 0 aliphatic carbocycles. The lowest BCUT2D eigenvalue weighted by atomic mass is 10.2. The number of carbonyl (C=O) groups is 1. The highest BCUT2D eigenvalue weighted by atomic mass is 32.2. The molecule has 1 aliphatic heterocycles. The molecule has 3 heterocycles. The lowest BCUT2D eigenvalue weighted by molar-refractivity contribution is -0.138. The summed E-state index contributed by atoms with van der Waals surface area (Å²) in [6.07, 6.45) is 0.120. The fourth-order valence-electron chi connectivity index (χ4n) is 3.00. The topological polar surface area (TPSA) is 106 Å². The molecule has 4 rings (SSSR count). The van der Waals surface area contributed by atoms with Gasteiger partial charge in [-0.25, -0.2) is 8.42 Å². The summed E-state index contributed by atoms with van der Waals surface area (Å²) < 4.78 is 36.6. The van der Waals surface area contributed by atoms with Crippen LogP contribution in [-0.2, 0) is 21.4 Å².